The van der Waals surface area contributed by atoms with Crippen molar-refractivity contribution < 1.29 is 41.5 Å². The normalized spacial score (nSPS) is 23.0. The minimum atomic E-state index is -4.65. The number of hydrogen-bond donors (Lipinski definition) is 2. The predicted octanol–water partition coefficient (Wildman–Crippen LogP) is 2.57. The molecule has 2 aliphatic heterocycles. The number of carbonyl (C=O) groups excluding carboxylic acids is 4. The third kappa shape index (κ3) is 4.77. The number of fused-ring (bicyclic) bond motifs is 1. The van der Waals surface area contributed by atoms with Gasteiger partial charge >= 0.3 is 12.3 Å². The molecule has 200 valence electrons. The molecule has 10 nitrogen and oxygen atoms in total. The zero-order chi connectivity index (χ0) is 27.2. The first kappa shape index (κ1) is 25.5. The Morgan fingerprint density at radius 1 is 1.16 bits per heavy atom. The highest BCUT2D eigenvalue weighted by atomic mass is 19.4. The molecule has 3 heterocycles. The average Bonchev–Trinajstić information content (AvgIpc) is 3.17. The van der Waals surface area contributed by atoms with Crippen LogP contribution < -0.4 is 10.6 Å². The van der Waals surface area contributed by atoms with Crippen molar-refractivity contribution in [1.82, 2.24) is 25.5 Å². The maximum Gasteiger partial charge on any atom is 0.435 e. The number of aromatic nitrogens is 2. The number of alkyl halides is 3. The van der Waals surface area contributed by atoms with Crippen LogP contribution in [0, 0.1) is 5.82 Å². The van der Waals surface area contributed by atoms with E-state index >= 15 is 4.39 Å². The number of piperidine rings is 1. The lowest BCUT2D eigenvalue weighted by Gasteiger charge is -2.34. The molecule has 2 fully saturated rings. The monoisotopic (exact) mass is 535 g/mol. The molecule has 0 radical (unpaired) electrons. The Bertz CT molecular complexity index is 1330. The number of nitrogens with one attached hydrogen (secondary N) is 2. The molecule has 1 saturated carbocycles. The van der Waals surface area contributed by atoms with Gasteiger partial charge in [-0.3, -0.25) is 24.7 Å². The van der Waals surface area contributed by atoms with Crippen LogP contribution in [0.3, 0.4) is 0 Å². The number of hydrogen-bond acceptors (Lipinski definition) is 7. The summed E-state index contributed by atoms with van der Waals surface area (Å²) in [5.74, 6) is -3.13. The molecule has 4 amide bonds. The summed E-state index contributed by atoms with van der Waals surface area (Å²) in [5, 5.41) is 4.56. The molecular weight excluding hydrogens is 514 g/mol. The molecule has 2 N–H and O–H groups in total. The lowest BCUT2D eigenvalue weighted by atomic mass is 9.79. The van der Waals surface area contributed by atoms with Gasteiger partial charge in [-0.1, -0.05) is 12.1 Å². The highest BCUT2D eigenvalue weighted by Crippen LogP contribution is 2.42. The summed E-state index contributed by atoms with van der Waals surface area (Å²) in [6.07, 6.45) is -3.57. The molecule has 5 rings (SSSR count). The number of halogens is 4. The molecular formula is C24H21F4N5O5. The Morgan fingerprint density at radius 2 is 1.89 bits per heavy atom. The van der Waals surface area contributed by atoms with Crippen LogP contribution in [-0.2, 0) is 33.6 Å². The molecule has 14 heteroatoms. The Balaban J connectivity index is 1.16. The third-order valence-corrected chi connectivity index (χ3v) is 6.88. The van der Waals surface area contributed by atoms with Gasteiger partial charge in [-0.25, -0.2) is 14.2 Å². The Hall–Kier alpha value is -4.10. The summed E-state index contributed by atoms with van der Waals surface area (Å²) in [6, 6.07) is 2.05. The van der Waals surface area contributed by atoms with Crippen molar-refractivity contribution in [3.05, 3.63) is 58.4 Å². The molecule has 3 aliphatic rings. The highest BCUT2D eigenvalue weighted by Gasteiger charge is 2.43. The topological polar surface area (TPSA) is 131 Å². The van der Waals surface area contributed by atoms with Crippen molar-refractivity contribution >= 4 is 23.8 Å². The molecule has 1 saturated heterocycles. The van der Waals surface area contributed by atoms with Crippen molar-refractivity contribution in [2.75, 3.05) is 0 Å². The number of alkyl carbamates (subject to hydrolysis) is 1. The Kier molecular flexibility index (Phi) is 6.49. The van der Waals surface area contributed by atoms with Crippen LogP contribution in [-0.4, -0.2) is 50.8 Å². The van der Waals surface area contributed by atoms with E-state index in [2.05, 4.69) is 20.6 Å². The van der Waals surface area contributed by atoms with Gasteiger partial charge in [0.1, 0.15) is 18.0 Å². The van der Waals surface area contributed by atoms with Crippen molar-refractivity contribution in [3.63, 3.8) is 0 Å². The second-order valence-electron chi connectivity index (χ2n) is 9.31. The van der Waals surface area contributed by atoms with Gasteiger partial charge in [0.15, 0.2) is 5.69 Å². The first-order chi connectivity index (χ1) is 18.0. The van der Waals surface area contributed by atoms with Crippen LogP contribution in [0.1, 0.15) is 64.5 Å². The van der Waals surface area contributed by atoms with Crippen LogP contribution in [0.2, 0.25) is 0 Å². The molecule has 2 aromatic rings. The Morgan fingerprint density at radius 3 is 2.61 bits per heavy atom. The minimum absolute atomic E-state index is 0.0117. The molecule has 1 atom stereocenters. The van der Waals surface area contributed by atoms with Crippen LogP contribution in [0.15, 0.2) is 24.5 Å². The maximum atomic E-state index is 15.2. The number of imide groups is 1. The van der Waals surface area contributed by atoms with Gasteiger partial charge in [0.25, 0.3) is 5.91 Å². The van der Waals surface area contributed by atoms with E-state index in [0.717, 1.165) is 6.20 Å². The first-order valence-electron chi connectivity index (χ1n) is 11.8. The number of rotatable bonds is 5. The fraction of sp³-hybridized carbons (Fsp3) is 0.417. The summed E-state index contributed by atoms with van der Waals surface area (Å²) in [7, 11) is 0. The van der Waals surface area contributed by atoms with Gasteiger partial charge in [0.2, 0.25) is 11.8 Å². The van der Waals surface area contributed by atoms with Crippen LogP contribution in [0.4, 0.5) is 22.4 Å². The van der Waals surface area contributed by atoms with E-state index in [4.69, 9.17) is 4.74 Å². The van der Waals surface area contributed by atoms with E-state index in [0.29, 0.717) is 5.56 Å². The lowest BCUT2D eigenvalue weighted by molar-refractivity contribution is -0.143. The number of ether oxygens (including phenoxy) is 1. The summed E-state index contributed by atoms with van der Waals surface area (Å²) in [5.41, 5.74) is -1.07. The van der Waals surface area contributed by atoms with Crippen molar-refractivity contribution in [3.8, 4) is 0 Å². The van der Waals surface area contributed by atoms with Gasteiger partial charge < -0.3 is 15.0 Å². The molecule has 1 aliphatic carbocycles. The molecule has 0 bridgehead atoms. The largest absolute Gasteiger partial charge is 0.446 e. The highest BCUT2D eigenvalue weighted by molar-refractivity contribution is 6.05. The number of amides is 4. The summed E-state index contributed by atoms with van der Waals surface area (Å²) < 4.78 is 59.8. The predicted molar refractivity (Wildman–Crippen MR) is 119 cm³/mol. The molecule has 0 unspecified atom stereocenters. The number of benzene rings is 1. The van der Waals surface area contributed by atoms with E-state index < -0.39 is 59.6 Å². The number of nitrogens with zero attached hydrogens (tertiary/aromatic N) is 3. The maximum absolute atomic E-state index is 15.2. The van der Waals surface area contributed by atoms with Crippen molar-refractivity contribution in [2.45, 2.75) is 63.0 Å². The van der Waals surface area contributed by atoms with Gasteiger partial charge in [-0.05, 0) is 24.8 Å². The van der Waals surface area contributed by atoms with E-state index in [1.54, 1.807) is 0 Å². The van der Waals surface area contributed by atoms with E-state index in [9.17, 15) is 32.3 Å². The summed E-state index contributed by atoms with van der Waals surface area (Å²) in [6.45, 7) is -0.292. The molecule has 1 aromatic heterocycles. The van der Waals surface area contributed by atoms with Crippen LogP contribution in [0.25, 0.3) is 0 Å². The fourth-order valence-corrected chi connectivity index (χ4v) is 4.90. The molecule has 1 aromatic carbocycles. The Labute approximate surface area is 212 Å². The zero-order valence-electron chi connectivity index (χ0n) is 19.7. The van der Waals surface area contributed by atoms with Gasteiger partial charge in [-0.2, -0.15) is 13.2 Å². The quantitative estimate of drug-likeness (QED) is 0.445. The fourth-order valence-electron chi connectivity index (χ4n) is 4.90. The van der Waals surface area contributed by atoms with E-state index in [1.165, 1.54) is 23.2 Å². The van der Waals surface area contributed by atoms with Crippen molar-refractivity contribution in [2.24, 2.45) is 0 Å². The lowest BCUT2D eigenvalue weighted by Crippen LogP contribution is -2.52. The van der Waals surface area contributed by atoms with Crippen LogP contribution >= 0.6 is 0 Å². The molecule has 0 spiro atoms. The summed E-state index contributed by atoms with van der Waals surface area (Å²) >= 11 is 0. The van der Waals surface area contributed by atoms with Crippen LogP contribution in [0.5, 0.6) is 0 Å². The van der Waals surface area contributed by atoms with Crippen molar-refractivity contribution in [1.29, 1.82) is 0 Å². The van der Waals surface area contributed by atoms with Gasteiger partial charge in [-0.15, -0.1) is 0 Å². The average molecular weight is 535 g/mol. The van der Waals surface area contributed by atoms with Gasteiger partial charge in [0, 0.05) is 43.4 Å². The summed E-state index contributed by atoms with van der Waals surface area (Å²) in [4.78, 5) is 57.0. The number of carbonyl (C=O) groups is 4. The second-order valence-corrected chi connectivity index (χ2v) is 9.31. The smallest absolute Gasteiger partial charge is 0.435 e. The third-order valence-electron chi connectivity index (χ3n) is 6.88. The SMILES string of the molecule is O=C1CC[C@H](N2Cc3ccc(CNC(=O)OC4CC(c5nccnc5C(F)(F)F)C4)c(F)c3C2=O)C(=O)N1. The zero-order valence-corrected chi connectivity index (χ0v) is 19.7. The molecule has 38 heavy (non-hydrogen) atoms. The van der Waals surface area contributed by atoms with E-state index in [1.807, 2.05) is 0 Å². The second kappa shape index (κ2) is 9.65. The van der Waals surface area contributed by atoms with E-state index in [-0.39, 0.29) is 55.6 Å². The van der Waals surface area contributed by atoms with Gasteiger partial charge in [0.05, 0.1) is 11.3 Å². The first-order valence-corrected chi connectivity index (χ1v) is 11.8. The minimum Gasteiger partial charge on any atom is -0.446 e. The standard InChI is InChI=1S/C24H21F4N5O5/c25-18-11(1-2-12-10-33(22(36)17(12)18)15-3-4-16(34)32-21(15)35)9-31-23(37)38-14-7-13(8-14)19-20(24(26,27)28)30-6-5-29-19/h1-2,5-6,13-15H,3-4,7-10H2,(H,31,37)(H,32,34,35)/t13?,14?,15-/m0/s1.